The Morgan fingerprint density at radius 1 is 1.15 bits per heavy atom. The largest absolute Gasteiger partial charge is 0.440 e. The van der Waals surface area contributed by atoms with E-state index in [2.05, 4.69) is 0 Å². The van der Waals surface area contributed by atoms with E-state index in [9.17, 15) is 27.6 Å². The van der Waals surface area contributed by atoms with Crippen LogP contribution in [0.4, 0.5) is 18.0 Å². The maximum absolute atomic E-state index is 13.8. The number of halogens is 4. The van der Waals surface area contributed by atoms with Crippen LogP contribution in [0.15, 0.2) is 24.3 Å². The van der Waals surface area contributed by atoms with Crippen LogP contribution in [-0.2, 0) is 4.79 Å². The first-order valence-corrected chi connectivity index (χ1v) is 8.84. The number of urea groups is 1. The van der Waals surface area contributed by atoms with Gasteiger partial charge in [-0.3, -0.25) is 19.8 Å². The van der Waals surface area contributed by atoms with Crippen LogP contribution in [0.5, 0.6) is 0 Å². The van der Waals surface area contributed by atoms with Crippen LogP contribution in [0.1, 0.15) is 42.5 Å². The van der Waals surface area contributed by atoms with E-state index < -0.39 is 35.7 Å². The molecule has 3 rings (SSSR count). The number of alkyl halides is 3. The molecule has 6 nitrogen and oxygen atoms in total. The summed E-state index contributed by atoms with van der Waals surface area (Å²) in [4.78, 5) is 37.9. The molecule has 0 aromatic heterocycles. The van der Waals surface area contributed by atoms with Crippen molar-refractivity contribution in [1.29, 1.82) is 0 Å². The number of carbonyl (C=O) groups is 3. The van der Waals surface area contributed by atoms with Gasteiger partial charge in [-0.2, -0.15) is 13.2 Å². The number of amides is 4. The third-order valence-electron chi connectivity index (χ3n) is 4.83. The number of rotatable bonds is 3. The van der Waals surface area contributed by atoms with Gasteiger partial charge in [0.15, 0.2) is 0 Å². The standard InChI is InChI=1S/C17H17ClF3N3O3/c18-11-8-6-10(7-9-11)13(25)22-16(17(19,20)21)14(26)24(15(27)23-16)12-4-2-1-3-5-12/h6-9,12H,1-5H2,(H,22,25)(H,23,27)/t16-/m1/s1. The molecule has 1 aliphatic carbocycles. The van der Waals surface area contributed by atoms with Crippen molar-refractivity contribution in [1.82, 2.24) is 15.5 Å². The monoisotopic (exact) mass is 403 g/mol. The zero-order valence-corrected chi connectivity index (χ0v) is 14.9. The summed E-state index contributed by atoms with van der Waals surface area (Å²) in [5.74, 6) is -2.66. The van der Waals surface area contributed by atoms with Crippen LogP contribution in [0.2, 0.25) is 5.02 Å². The molecular formula is C17H17ClF3N3O3. The molecule has 1 saturated carbocycles. The first kappa shape index (κ1) is 19.5. The van der Waals surface area contributed by atoms with Gasteiger partial charge in [-0.1, -0.05) is 30.9 Å². The van der Waals surface area contributed by atoms with E-state index >= 15 is 0 Å². The summed E-state index contributed by atoms with van der Waals surface area (Å²) in [5.41, 5.74) is -3.61. The van der Waals surface area contributed by atoms with Crippen LogP contribution in [-0.4, -0.2) is 40.6 Å². The second kappa shape index (κ2) is 7.03. The van der Waals surface area contributed by atoms with Crippen molar-refractivity contribution in [2.24, 2.45) is 0 Å². The van der Waals surface area contributed by atoms with Crippen molar-refractivity contribution in [2.75, 3.05) is 0 Å². The predicted octanol–water partition coefficient (Wildman–Crippen LogP) is 3.21. The Bertz CT molecular complexity index is 763. The topological polar surface area (TPSA) is 78.5 Å². The molecule has 1 atom stereocenters. The van der Waals surface area contributed by atoms with Gasteiger partial charge in [0.05, 0.1) is 0 Å². The Morgan fingerprint density at radius 2 is 1.74 bits per heavy atom. The number of nitrogens with zero attached hydrogens (tertiary/aromatic N) is 1. The fraction of sp³-hybridized carbons (Fsp3) is 0.471. The lowest BCUT2D eigenvalue weighted by Gasteiger charge is -2.32. The Hall–Kier alpha value is -2.29. The second-order valence-electron chi connectivity index (χ2n) is 6.61. The summed E-state index contributed by atoms with van der Waals surface area (Å²) in [7, 11) is 0. The van der Waals surface area contributed by atoms with Gasteiger partial charge in [0.25, 0.3) is 17.5 Å². The number of hydrogen-bond acceptors (Lipinski definition) is 3. The molecule has 2 N–H and O–H groups in total. The van der Waals surface area contributed by atoms with E-state index in [1.54, 1.807) is 10.6 Å². The van der Waals surface area contributed by atoms with Crippen molar-refractivity contribution in [3.8, 4) is 0 Å². The number of imide groups is 1. The van der Waals surface area contributed by atoms with Crippen molar-refractivity contribution in [3.63, 3.8) is 0 Å². The molecule has 4 amide bonds. The molecular weight excluding hydrogens is 387 g/mol. The molecule has 0 bridgehead atoms. The van der Waals surface area contributed by atoms with Gasteiger partial charge in [0, 0.05) is 16.6 Å². The first-order valence-electron chi connectivity index (χ1n) is 8.46. The molecule has 10 heteroatoms. The van der Waals surface area contributed by atoms with Gasteiger partial charge < -0.3 is 5.32 Å². The highest BCUT2D eigenvalue weighted by molar-refractivity contribution is 6.30. The number of benzene rings is 1. The highest BCUT2D eigenvalue weighted by Gasteiger charge is 2.69. The summed E-state index contributed by atoms with van der Waals surface area (Å²) in [6.07, 6.45) is -1.99. The minimum absolute atomic E-state index is 0.124. The van der Waals surface area contributed by atoms with E-state index in [4.69, 9.17) is 11.6 Å². The smallest absolute Gasteiger partial charge is 0.314 e. The molecule has 0 spiro atoms. The average molecular weight is 404 g/mol. The molecule has 1 aliphatic heterocycles. The van der Waals surface area contributed by atoms with Crippen LogP contribution in [0, 0.1) is 0 Å². The highest BCUT2D eigenvalue weighted by Crippen LogP contribution is 2.36. The maximum Gasteiger partial charge on any atom is 0.440 e. The zero-order valence-electron chi connectivity index (χ0n) is 14.1. The Balaban J connectivity index is 1.91. The van der Waals surface area contributed by atoms with Gasteiger partial charge in [-0.15, -0.1) is 0 Å². The molecule has 146 valence electrons. The van der Waals surface area contributed by atoms with E-state index in [0.29, 0.717) is 22.8 Å². The van der Waals surface area contributed by atoms with Gasteiger partial charge in [-0.05, 0) is 37.1 Å². The molecule has 1 aromatic carbocycles. The number of hydrogen-bond donors (Lipinski definition) is 2. The fourth-order valence-corrected chi connectivity index (χ4v) is 3.54. The quantitative estimate of drug-likeness (QED) is 0.761. The Labute approximate surface area is 158 Å². The minimum Gasteiger partial charge on any atom is -0.314 e. The molecule has 27 heavy (non-hydrogen) atoms. The van der Waals surface area contributed by atoms with Crippen molar-refractivity contribution < 1.29 is 27.6 Å². The lowest BCUT2D eigenvalue weighted by Crippen LogP contribution is -2.69. The second-order valence-corrected chi connectivity index (χ2v) is 7.04. The van der Waals surface area contributed by atoms with Gasteiger partial charge >= 0.3 is 12.2 Å². The number of carbonyl (C=O) groups excluding carboxylic acids is 3. The molecule has 1 aromatic rings. The fourth-order valence-electron chi connectivity index (χ4n) is 3.41. The van der Waals surface area contributed by atoms with E-state index in [0.717, 1.165) is 19.3 Å². The third kappa shape index (κ3) is 3.47. The summed E-state index contributed by atoms with van der Waals surface area (Å²) in [5, 5.41) is 3.66. The predicted molar refractivity (Wildman–Crippen MR) is 90.0 cm³/mol. The van der Waals surface area contributed by atoms with Crippen molar-refractivity contribution in [3.05, 3.63) is 34.9 Å². The van der Waals surface area contributed by atoms with Crippen molar-refractivity contribution in [2.45, 2.75) is 50.0 Å². The van der Waals surface area contributed by atoms with Crippen molar-refractivity contribution >= 4 is 29.4 Å². The zero-order chi connectivity index (χ0) is 19.8. The minimum atomic E-state index is -5.22. The molecule has 2 fully saturated rings. The average Bonchev–Trinajstić information content (AvgIpc) is 2.87. The first-order chi connectivity index (χ1) is 12.7. The van der Waals surface area contributed by atoms with E-state index in [1.807, 2.05) is 0 Å². The summed E-state index contributed by atoms with van der Waals surface area (Å²) >= 11 is 5.70. The molecule has 0 radical (unpaired) electrons. The van der Waals surface area contributed by atoms with Crippen LogP contribution in [0.3, 0.4) is 0 Å². The van der Waals surface area contributed by atoms with Crippen LogP contribution < -0.4 is 10.6 Å². The van der Waals surface area contributed by atoms with Crippen LogP contribution in [0.25, 0.3) is 0 Å². The molecule has 0 unspecified atom stereocenters. The summed E-state index contributed by atoms with van der Waals surface area (Å²) < 4.78 is 41.5. The van der Waals surface area contributed by atoms with Gasteiger partial charge in [0.2, 0.25) is 0 Å². The molecule has 1 heterocycles. The lowest BCUT2D eigenvalue weighted by molar-refractivity contribution is -0.200. The lowest BCUT2D eigenvalue weighted by atomic mass is 9.94. The Morgan fingerprint density at radius 3 is 2.30 bits per heavy atom. The highest BCUT2D eigenvalue weighted by atomic mass is 35.5. The summed E-state index contributed by atoms with van der Waals surface area (Å²) in [6.45, 7) is 0. The Kier molecular flexibility index (Phi) is 5.07. The van der Waals surface area contributed by atoms with Crippen LogP contribution >= 0.6 is 11.6 Å². The number of nitrogens with one attached hydrogen (secondary N) is 2. The maximum atomic E-state index is 13.8. The normalized spacial score (nSPS) is 24.1. The van der Waals surface area contributed by atoms with E-state index in [-0.39, 0.29) is 5.56 Å². The van der Waals surface area contributed by atoms with Gasteiger partial charge in [0.1, 0.15) is 0 Å². The molecule has 2 aliphatic rings. The SMILES string of the molecule is O=C(N[C@@]1(C(F)(F)F)NC(=O)N(C2CCCCC2)C1=O)c1ccc(Cl)cc1. The summed E-state index contributed by atoms with van der Waals surface area (Å²) in [6, 6.07) is 3.35. The molecule has 1 saturated heterocycles. The third-order valence-corrected chi connectivity index (χ3v) is 5.08. The van der Waals surface area contributed by atoms with Gasteiger partial charge in [-0.25, -0.2) is 4.79 Å². The van der Waals surface area contributed by atoms with E-state index in [1.165, 1.54) is 24.3 Å².